The predicted octanol–water partition coefficient (Wildman–Crippen LogP) is 3.81. The summed E-state index contributed by atoms with van der Waals surface area (Å²) < 4.78 is 0. The summed E-state index contributed by atoms with van der Waals surface area (Å²) in [5, 5.41) is 3.34. The monoisotopic (exact) mass is 407 g/mol. The molecule has 1 aliphatic heterocycles. The molecular weight excluding hydrogens is 374 g/mol. The summed E-state index contributed by atoms with van der Waals surface area (Å²) in [6.45, 7) is 6.75. The number of carbonyl (C=O) groups is 1. The van der Waals surface area contributed by atoms with Crippen LogP contribution in [0.3, 0.4) is 0 Å². The number of amides is 1. The number of pyridine rings is 1. The molecule has 6 heteroatoms. The van der Waals surface area contributed by atoms with Gasteiger partial charge in [-0.2, -0.15) is 0 Å². The van der Waals surface area contributed by atoms with Crippen molar-refractivity contribution in [2.24, 2.45) is 0 Å². The molecule has 2 aromatic rings. The smallest absolute Gasteiger partial charge is 0.257 e. The van der Waals surface area contributed by atoms with Gasteiger partial charge in [-0.3, -0.25) is 4.79 Å². The fourth-order valence-corrected chi connectivity index (χ4v) is 4.11. The zero-order valence-corrected chi connectivity index (χ0v) is 18.4. The first-order chi connectivity index (χ1) is 14.6. The maximum absolute atomic E-state index is 12.5. The van der Waals surface area contributed by atoms with Crippen molar-refractivity contribution in [3.63, 3.8) is 0 Å². The molecule has 4 rings (SSSR count). The summed E-state index contributed by atoms with van der Waals surface area (Å²) in [6, 6.07) is 12.8. The van der Waals surface area contributed by atoms with Crippen LogP contribution in [0.2, 0.25) is 0 Å². The lowest BCUT2D eigenvalue weighted by molar-refractivity contribution is 0.0828. The summed E-state index contributed by atoms with van der Waals surface area (Å²) in [7, 11) is 3.55. The van der Waals surface area contributed by atoms with Crippen LogP contribution < -0.4 is 15.1 Å². The third kappa shape index (κ3) is 4.37. The van der Waals surface area contributed by atoms with Crippen molar-refractivity contribution in [1.29, 1.82) is 0 Å². The van der Waals surface area contributed by atoms with E-state index in [0.717, 1.165) is 50.9 Å². The van der Waals surface area contributed by atoms with Gasteiger partial charge in [-0.1, -0.05) is 25.1 Å². The van der Waals surface area contributed by atoms with E-state index < -0.39 is 0 Å². The molecule has 1 aromatic heterocycles. The van der Waals surface area contributed by atoms with Gasteiger partial charge < -0.3 is 20.0 Å². The number of aromatic nitrogens is 1. The Kier molecular flexibility index (Phi) is 6.11. The SMILES string of the molecule is CCCNc1nc(N2CCN(c3ccccc3C3CC3)CC2)ccc1C(=O)N(C)C. The molecule has 0 spiro atoms. The number of rotatable bonds is 7. The summed E-state index contributed by atoms with van der Waals surface area (Å²) in [4.78, 5) is 23.8. The van der Waals surface area contributed by atoms with Gasteiger partial charge in [0.25, 0.3) is 5.91 Å². The average Bonchev–Trinajstić information content (AvgIpc) is 3.62. The molecule has 6 nitrogen and oxygen atoms in total. The topological polar surface area (TPSA) is 51.7 Å². The van der Waals surface area contributed by atoms with Crippen molar-refractivity contribution in [2.45, 2.75) is 32.1 Å². The Balaban J connectivity index is 1.48. The van der Waals surface area contributed by atoms with Crippen LogP contribution >= 0.6 is 0 Å². The van der Waals surface area contributed by atoms with Gasteiger partial charge in [-0.25, -0.2) is 4.98 Å². The summed E-state index contributed by atoms with van der Waals surface area (Å²) in [6.07, 6.45) is 3.64. The van der Waals surface area contributed by atoms with Gasteiger partial charge in [0.05, 0.1) is 5.56 Å². The minimum Gasteiger partial charge on any atom is -0.369 e. The molecule has 1 aromatic carbocycles. The van der Waals surface area contributed by atoms with Gasteiger partial charge in [0.1, 0.15) is 11.6 Å². The molecule has 1 N–H and O–H groups in total. The summed E-state index contributed by atoms with van der Waals surface area (Å²) >= 11 is 0. The molecule has 0 bridgehead atoms. The third-order valence-electron chi connectivity index (χ3n) is 5.96. The second kappa shape index (κ2) is 8.94. The summed E-state index contributed by atoms with van der Waals surface area (Å²) in [5.41, 5.74) is 3.56. The number of benzene rings is 1. The van der Waals surface area contributed by atoms with E-state index in [2.05, 4.69) is 46.3 Å². The highest BCUT2D eigenvalue weighted by molar-refractivity contribution is 5.98. The van der Waals surface area contributed by atoms with E-state index in [-0.39, 0.29) is 5.91 Å². The molecule has 30 heavy (non-hydrogen) atoms. The third-order valence-corrected chi connectivity index (χ3v) is 5.96. The standard InChI is InChI=1S/C24H33N5O/c1-4-13-25-23-20(24(30)27(2)3)11-12-22(26-23)29-16-14-28(15-17-29)21-8-6-5-7-19(21)18-9-10-18/h5-8,11-12,18H,4,9-10,13-17H2,1-3H3,(H,25,26). The van der Waals surface area contributed by atoms with Gasteiger partial charge in [0, 0.05) is 52.5 Å². The van der Waals surface area contributed by atoms with Gasteiger partial charge in [-0.15, -0.1) is 0 Å². The van der Waals surface area contributed by atoms with Crippen LogP contribution in [-0.4, -0.2) is 62.6 Å². The second-order valence-corrected chi connectivity index (χ2v) is 8.50. The van der Waals surface area contributed by atoms with Crippen LogP contribution in [0.15, 0.2) is 36.4 Å². The minimum absolute atomic E-state index is 0.0193. The van der Waals surface area contributed by atoms with E-state index >= 15 is 0 Å². The van der Waals surface area contributed by atoms with Crippen molar-refractivity contribution in [2.75, 3.05) is 61.9 Å². The quantitative estimate of drug-likeness (QED) is 0.756. The number of piperazine rings is 1. The Morgan fingerprint density at radius 3 is 2.43 bits per heavy atom. The van der Waals surface area contributed by atoms with Crippen LogP contribution in [0.1, 0.15) is 48.0 Å². The molecule has 160 valence electrons. The van der Waals surface area contributed by atoms with E-state index in [0.29, 0.717) is 11.4 Å². The Labute approximate surface area is 179 Å². The van der Waals surface area contributed by atoms with Gasteiger partial charge in [-0.05, 0) is 48.9 Å². The number of para-hydroxylation sites is 1. The lowest BCUT2D eigenvalue weighted by atomic mass is 10.1. The van der Waals surface area contributed by atoms with Crippen LogP contribution in [0.25, 0.3) is 0 Å². The van der Waals surface area contributed by atoms with Gasteiger partial charge in [0.2, 0.25) is 0 Å². The molecule has 1 aliphatic carbocycles. The van der Waals surface area contributed by atoms with Crippen LogP contribution in [-0.2, 0) is 0 Å². The molecule has 0 radical (unpaired) electrons. The molecule has 0 unspecified atom stereocenters. The molecule has 1 saturated carbocycles. The van der Waals surface area contributed by atoms with Crippen LogP contribution in [0.5, 0.6) is 0 Å². The number of hydrogen-bond acceptors (Lipinski definition) is 5. The van der Waals surface area contributed by atoms with Gasteiger partial charge in [0.15, 0.2) is 0 Å². The Morgan fingerprint density at radius 2 is 1.77 bits per heavy atom. The predicted molar refractivity (Wildman–Crippen MR) is 124 cm³/mol. The zero-order valence-electron chi connectivity index (χ0n) is 18.4. The first-order valence-corrected chi connectivity index (χ1v) is 11.1. The van der Waals surface area contributed by atoms with E-state index in [1.165, 1.54) is 24.1 Å². The Morgan fingerprint density at radius 1 is 1.07 bits per heavy atom. The van der Waals surface area contributed by atoms with Crippen LogP contribution in [0.4, 0.5) is 17.3 Å². The highest BCUT2D eigenvalue weighted by Crippen LogP contribution is 2.44. The minimum atomic E-state index is -0.0193. The first-order valence-electron chi connectivity index (χ1n) is 11.1. The van der Waals surface area contributed by atoms with Gasteiger partial charge >= 0.3 is 0 Å². The second-order valence-electron chi connectivity index (χ2n) is 8.50. The summed E-state index contributed by atoms with van der Waals surface area (Å²) in [5.74, 6) is 2.37. The van der Waals surface area contributed by atoms with E-state index in [1.54, 1.807) is 19.0 Å². The number of anilines is 3. The van der Waals surface area contributed by atoms with E-state index in [4.69, 9.17) is 4.98 Å². The van der Waals surface area contributed by atoms with E-state index in [9.17, 15) is 4.79 Å². The molecule has 2 aliphatic rings. The average molecular weight is 408 g/mol. The highest BCUT2D eigenvalue weighted by atomic mass is 16.2. The van der Waals surface area contributed by atoms with Crippen molar-refractivity contribution in [3.8, 4) is 0 Å². The molecule has 0 atom stereocenters. The fraction of sp³-hybridized carbons (Fsp3) is 0.500. The van der Waals surface area contributed by atoms with Crippen molar-refractivity contribution in [1.82, 2.24) is 9.88 Å². The maximum atomic E-state index is 12.5. The number of nitrogens with zero attached hydrogens (tertiary/aromatic N) is 4. The van der Waals surface area contributed by atoms with E-state index in [1.807, 2.05) is 12.1 Å². The first kappa shape index (κ1) is 20.5. The Hall–Kier alpha value is -2.76. The maximum Gasteiger partial charge on any atom is 0.257 e. The highest BCUT2D eigenvalue weighted by Gasteiger charge is 2.29. The molecule has 1 amide bonds. The van der Waals surface area contributed by atoms with Crippen molar-refractivity contribution >= 4 is 23.2 Å². The van der Waals surface area contributed by atoms with Crippen molar-refractivity contribution < 1.29 is 4.79 Å². The molecule has 2 heterocycles. The van der Waals surface area contributed by atoms with Crippen LogP contribution in [0, 0.1) is 0 Å². The lowest BCUT2D eigenvalue weighted by Gasteiger charge is -2.38. The van der Waals surface area contributed by atoms with Crippen molar-refractivity contribution in [3.05, 3.63) is 47.5 Å². The molecule has 1 saturated heterocycles. The normalized spacial score (nSPS) is 16.5. The molecular formula is C24H33N5O. The lowest BCUT2D eigenvalue weighted by Crippen LogP contribution is -2.47. The fourth-order valence-electron chi connectivity index (χ4n) is 4.11. The largest absolute Gasteiger partial charge is 0.369 e. The zero-order chi connectivity index (χ0) is 21.1. The number of carbonyl (C=O) groups excluding carboxylic acids is 1. The molecule has 2 fully saturated rings. The number of hydrogen-bond donors (Lipinski definition) is 1. The number of nitrogens with one attached hydrogen (secondary N) is 1. The Bertz CT molecular complexity index is 885.